The molecule has 1 heterocycles. The molecule has 0 aliphatic carbocycles. The Morgan fingerprint density at radius 2 is 1.67 bits per heavy atom. The summed E-state index contributed by atoms with van der Waals surface area (Å²) in [5.41, 5.74) is 1.47. The van der Waals surface area contributed by atoms with Gasteiger partial charge in [0.05, 0.1) is 43.0 Å². The average molecular weight is 598 g/mol. The number of ether oxygens (including phenoxy) is 3. The van der Waals surface area contributed by atoms with Gasteiger partial charge < -0.3 is 24.2 Å². The number of amides is 1. The molecular formula is C31H39N3O7S. The van der Waals surface area contributed by atoms with Crippen LogP contribution in [0, 0.1) is 5.92 Å². The monoisotopic (exact) mass is 597 g/mol. The molecule has 3 atom stereocenters. The lowest BCUT2D eigenvalue weighted by atomic mass is 9.99. The summed E-state index contributed by atoms with van der Waals surface area (Å²) in [7, 11) is 1.10. The molecule has 4 rings (SSSR count). The standard InChI is InChI=1S/C31H39N3O7S/c1-21-17-34(22(2)20-35)31(36)27-7-6-8-28(32-42(37,38)26-15-13-25(40-5)14-16-26)30(27)41-29(21)19-33(3)18-23-9-11-24(39-4)12-10-23/h6-16,21-22,29,32,35H,17-20H2,1-5H3/t21-,22+,29-/m1/s1. The van der Waals surface area contributed by atoms with Crippen LogP contribution in [0.15, 0.2) is 71.6 Å². The van der Waals surface area contributed by atoms with E-state index in [-0.39, 0.29) is 40.3 Å². The van der Waals surface area contributed by atoms with E-state index in [1.165, 1.54) is 19.2 Å². The predicted octanol–water partition coefficient (Wildman–Crippen LogP) is 3.86. The van der Waals surface area contributed by atoms with Gasteiger partial charge in [-0.25, -0.2) is 8.42 Å². The minimum absolute atomic E-state index is 0.0396. The molecule has 42 heavy (non-hydrogen) atoms. The summed E-state index contributed by atoms with van der Waals surface area (Å²) in [5, 5.41) is 9.94. The second kappa shape index (κ2) is 13.5. The van der Waals surface area contributed by atoms with E-state index in [1.54, 1.807) is 49.3 Å². The Morgan fingerprint density at radius 1 is 1.05 bits per heavy atom. The SMILES string of the molecule is COc1ccc(CN(C)C[C@H]2Oc3c(NS(=O)(=O)c4ccc(OC)cc4)cccc3C(=O)N([C@@H](C)CO)C[C@H]2C)cc1. The van der Waals surface area contributed by atoms with Crippen molar-refractivity contribution in [1.29, 1.82) is 0 Å². The van der Waals surface area contributed by atoms with Crippen LogP contribution >= 0.6 is 0 Å². The third kappa shape index (κ3) is 7.15. The smallest absolute Gasteiger partial charge is 0.262 e. The van der Waals surface area contributed by atoms with Crippen LogP contribution < -0.4 is 18.9 Å². The highest BCUT2D eigenvalue weighted by Gasteiger charge is 2.35. The fourth-order valence-corrected chi connectivity index (χ4v) is 5.98. The molecule has 0 unspecified atom stereocenters. The van der Waals surface area contributed by atoms with Gasteiger partial charge in [0.1, 0.15) is 17.6 Å². The van der Waals surface area contributed by atoms with E-state index < -0.39 is 22.2 Å². The molecule has 0 saturated heterocycles. The molecule has 226 valence electrons. The number of hydrogen-bond acceptors (Lipinski definition) is 8. The minimum Gasteiger partial charge on any atom is -0.497 e. The van der Waals surface area contributed by atoms with Gasteiger partial charge in [0.2, 0.25) is 0 Å². The minimum atomic E-state index is -4.02. The Balaban J connectivity index is 1.68. The highest BCUT2D eigenvalue weighted by atomic mass is 32.2. The highest BCUT2D eigenvalue weighted by molar-refractivity contribution is 7.92. The number of carbonyl (C=O) groups is 1. The van der Waals surface area contributed by atoms with E-state index >= 15 is 0 Å². The first-order chi connectivity index (χ1) is 20.1. The van der Waals surface area contributed by atoms with Crippen LogP contribution in [0.2, 0.25) is 0 Å². The van der Waals surface area contributed by atoms with Crippen molar-refractivity contribution in [2.75, 3.05) is 45.7 Å². The lowest BCUT2D eigenvalue weighted by Gasteiger charge is -2.38. The molecule has 0 fully saturated rings. The lowest BCUT2D eigenvalue weighted by Crippen LogP contribution is -2.49. The second-order valence-corrected chi connectivity index (χ2v) is 12.3. The Bertz CT molecular complexity index is 1460. The van der Waals surface area contributed by atoms with Crippen molar-refractivity contribution in [3.8, 4) is 17.2 Å². The summed E-state index contributed by atoms with van der Waals surface area (Å²) in [6, 6.07) is 18.2. The van der Waals surface area contributed by atoms with Crippen LogP contribution in [0.5, 0.6) is 17.2 Å². The number of anilines is 1. The van der Waals surface area contributed by atoms with Crippen molar-refractivity contribution >= 4 is 21.6 Å². The molecule has 1 aliphatic rings. The summed E-state index contributed by atoms with van der Waals surface area (Å²) >= 11 is 0. The van der Waals surface area contributed by atoms with E-state index in [2.05, 4.69) is 9.62 Å². The maximum atomic E-state index is 13.7. The number of sulfonamides is 1. The third-order valence-electron chi connectivity index (χ3n) is 7.41. The van der Waals surface area contributed by atoms with Crippen molar-refractivity contribution in [3.63, 3.8) is 0 Å². The Hall–Kier alpha value is -3.80. The van der Waals surface area contributed by atoms with Crippen molar-refractivity contribution in [2.24, 2.45) is 5.92 Å². The number of nitrogens with zero attached hydrogens (tertiary/aromatic N) is 2. The number of carbonyl (C=O) groups excluding carboxylic acids is 1. The van der Waals surface area contributed by atoms with Gasteiger partial charge in [-0.05, 0) is 68.1 Å². The fraction of sp³-hybridized carbons (Fsp3) is 0.387. The molecule has 3 aromatic carbocycles. The molecule has 11 heteroatoms. The number of likely N-dealkylation sites (N-methyl/N-ethyl adjacent to an activating group) is 1. The number of methoxy groups -OCH3 is 2. The maximum absolute atomic E-state index is 13.7. The van der Waals surface area contributed by atoms with Gasteiger partial charge >= 0.3 is 0 Å². The van der Waals surface area contributed by atoms with E-state index in [0.717, 1.165) is 11.3 Å². The third-order valence-corrected chi connectivity index (χ3v) is 8.79. The number of nitrogens with one attached hydrogen (secondary N) is 1. The van der Waals surface area contributed by atoms with Crippen LogP contribution in [0.3, 0.4) is 0 Å². The molecule has 10 nitrogen and oxygen atoms in total. The number of benzene rings is 3. The summed E-state index contributed by atoms with van der Waals surface area (Å²) in [6.07, 6.45) is -0.403. The largest absolute Gasteiger partial charge is 0.497 e. The van der Waals surface area contributed by atoms with Crippen molar-refractivity contribution < 1.29 is 32.5 Å². The van der Waals surface area contributed by atoms with Gasteiger partial charge in [0.15, 0.2) is 5.75 Å². The fourth-order valence-electron chi connectivity index (χ4n) is 4.91. The normalized spacial score (nSPS) is 18.0. The maximum Gasteiger partial charge on any atom is 0.262 e. The molecular weight excluding hydrogens is 558 g/mol. The Morgan fingerprint density at radius 3 is 2.26 bits per heavy atom. The van der Waals surface area contributed by atoms with Crippen LogP contribution in [0.25, 0.3) is 0 Å². The van der Waals surface area contributed by atoms with Crippen LogP contribution in [-0.4, -0.2) is 82.3 Å². The lowest BCUT2D eigenvalue weighted by molar-refractivity contribution is 0.0344. The number of hydrogen-bond donors (Lipinski definition) is 2. The van der Waals surface area contributed by atoms with E-state index in [9.17, 15) is 18.3 Å². The summed E-state index contributed by atoms with van der Waals surface area (Å²) in [4.78, 5) is 17.5. The summed E-state index contributed by atoms with van der Waals surface area (Å²) in [5.74, 6) is 0.988. The molecule has 3 aromatic rings. The van der Waals surface area contributed by atoms with Crippen molar-refractivity contribution in [1.82, 2.24) is 9.80 Å². The topological polar surface area (TPSA) is 118 Å². The average Bonchev–Trinajstić information content (AvgIpc) is 2.99. The van der Waals surface area contributed by atoms with Gasteiger partial charge in [-0.2, -0.15) is 0 Å². The summed E-state index contributed by atoms with van der Waals surface area (Å²) < 4.78 is 46.3. The van der Waals surface area contributed by atoms with Gasteiger partial charge in [0.25, 0.3) is 15.9 Å². The highest BCUT2D eigenvalue weighted by Crippen LogP contribution is 2.36. The summed E-state index contributed by atoms with van der Waals surface area (Å²) in [6.45, 7) is 5.08. The molecule has 1 aliphatic heterocycles. The van der Waals surface area contributed by atoms with Crippen LogP contribution in [-0.2, 0) is 16.6 Å². The molecule has 0 saturated carbocycles. The number of aliphatic hydroxyl groups excluding tert-OH is 1. The predicted molar refractivity (Wildman–Crippen MR) is 161 cm³/mol. The zero-order valence-electron chi connectivity index (χ0n) is 24.6. The van der Waals surface area contributed by atoms with Crippen molar-refractivity contribution in [2.45, 2.75) is 37.4 Å². The second-order valence-electron chi connectivity index (χ2n) is 10.6. The van der Waals surface area contributed by atoms with Gasteiger partial charge in [-0.15, -0.1) is 0 Å². The first kappa shape index (κ1) is 31.1. The Kier molecular flexibility index (Phi) is 9.97. The molecule has 1 amide bonds. The first-order valence-corrected chi connectivity index (χ1v) is 15.2. The van der Waals surface area contributed by atoms with Gasteiger partial charge in [-0.1, -0.05) is 25.1 Å². The molecule has 0 aromatic heterocycles. The number of fused-ring (bicyclic) bond motifs is 1. The van der Waals surface area contributed by atoms with E-state index in [1.807, 2.05) is 38.2 Å². The van der Waals surface area contributed by atoms with Crippen molar-refractivity contribution in [3.05, 3.63) is 77.9 Å². The van der Waals surface area contributed by atoms with Crippen LogP contribution in [0.1, 0.15) is 29.8 Å². The number of rotatable bonds is 11. The molecule has 0 bridgehead atoms. The zero-order valence-corrected chi connectivity index (χ0v) is 25.4. The molecule has 2 N–H and O–H groups in total. The molecule has 0 spiro atoms. The molecule has 0 radical (unpaired) electrons. The van der Waals surface area contributed by atoms with Crippen LogP contribution in [0.4, 0.5) is 5.69 Å². The number of aliphatic hydroxyl groups is 1. The van der Waals surface area contributed by atoms with E-state index in [0.29, 0.717) is 25.4 Å². The zero-order chi connectivity index (χ0) is 30.4. The van der Waals surface area contributed by atoms with E-state index in [4.69, 9.17) is 14.2 Å². The number of para-hydroxylation sites is 1. The first-order valence-electron chi connectivity index (χ1n) is 13.8. The van der Waals surface area contributed by atoms with Gasteiger partial charge in [-0.3, -0.25) is 14.4 Å². The quantitative estimate of drug-likeness (QED) is 0.342. The van der Waals surface area contributed by atoms with Gasteiger partial charge in [0, 0.05) is 25.6 Å². The Labute approximate surface area is 247 Å².